The fourth-order valence-corrected chi connectivity index (χ4v) is 4.30. The maximum Gasteiger partial charge on any atom is 0.573 e. The number of amides is 1. The van der Waals surface area contributed by atoms with Gasteiger partial charge in [0.1, 0.15) is 10.8 Å². The standard InChI is InChI=1S/C22H21F3N4O2S/c23-22(24,25)31-19-5-3-16(4-6-19)14-28-8-10-29(11-9-28)20(30)12-18-15-32-21(27-18)17-2-1-7-26-13-17/h1-7,13,15H,8-12,14H2. The van der Waals surface area contributed by atoms with Crippen molar-refractivity contribution in [3.8, 4) is 16.3 Å². The lowest BCUT2D eigenvalue weighted by atomic mass is 10.2. The zero-order valence-corrected chi connectivity index (χ0v) is 17.9. The molecule has 1 fully saturated rings. The Hall–Kier alpha value is -2.98. The average Bonchev–Trinajstić information content (AvgIpc) is 3.24. The van der Waals surface area contributed by atoms with Crippen LogP contribution in [0.3, 0.4) is 0 Å². The summed E-state index contributed by atoms with van der Waals surface area (Å²) in [6.07, 6.45) is -0.972. The normalized spacial score (nSPS) is 15.0. The monoisotopic (exact) mass is 462 g/mol. The Morgan fingerprint density at radius 2 is 1.84 bits per heavy atom. The van der Waals surface area contributed by atoms with Crippen LogP contribution in [0.25, 0.3) is 10.6 Å². The van der Waals surface area contributed by atoms with E-state index >= 15 is 0 Å². The highest BCUT2D eigenvalue weighted by Crippen LogP contribution is 2.24. The summed E-state index contributed by atoms with van der Waals surface area (Å²) in [5.41, 5.74) is 2.58. The SMILES string of the molecule is O=C(Cc1csc(-c2cccnc2)n1)N1CCN(Cc2ccc(OC(F)(F)F)cc2)CC1. The number of thiazole rings is 1. The van der Waals surface area contributed by atoms with Crippen molar-refractivity contribution in [3.05, 3.63) is 65.4 Å². The number of hydrogen-bond acceptors (Lipinski definition) is 6. The molecule has 0 spiro atoms. The maximum atomic E-state index is 12.7. The van der Waals surface area contributed by atoms with Crippen LogP contribution in [0.5, 0.6) is 5.75 Å². The molecule has 0 saturated carbocycles. The molecule has 1 saturated heterocycles. The Morgan fingerprint density at radius 3 is 2.50 bits per heavy atom. The van der Waals surface area contributed by atoms with Crippen LogP contribution in [-0.4, -0.2) is 58.2 Å². The first-order valence-corrected chi connectivity index (χ1v) is 10.9. The van der Waals surface area contributed by atoms with E-state index in [1.165, 1.54) is 23.5 Å². The highest BCUT2D eigenvalue weighted by molar-refractivity contribution is 7.13. The molecule has 0 aliphatic carbocycles. The summed E-state index contributed by atoms with van der Waals surface area (Å²) in [4.78, 5) is 25.3. The van der Waals surface area contributed by atoms with Gasteiger partial charge in [-0.25, -0.2) is 4.98 Å². The zero-order valence-electron chi connectivity index (χ0n) is 17.1. The van der Waals surface area contributed by atoms with Crippen LogP contribution in [0.1, 0.15) is 11.3 Å². The van der Waals surface area contributed by atoms with Crippen LogP contribution in [0.2, 0.25) is 0 Å². The number of carbonyl (C=O) groups excluding carboxylic acids is 1. The van der Waals surface area contributed by atoms with Crippen molar-refractivity contribution >= 4 is 17.2 Å². The van der Waals surface area contributed by atoms with Gasteiger partial charge >= 0.3 is 6.36 Å². The van der Waals surface area contributed by atoms with Crippen molar-refractivity contribution in [2.45, 2.75) is 19.3 Å². The molecule has 0 unspecified atom stereocenters. The summed E-state index contributed by atoms with van der Waals surface area (Å²) in [5, 5.41) is 2.75. The molecule has 1 aliphatic rings. The molecule has 168 valence electrons. The molecule has 3 heterocycles. The Bertz CT molecular complexity index is 1030. The third-order valence-corrected chi connectivity index (χ3v) is 6.02. The number of hydrogen-bond donors (Lipinski definition) is 0. The molecule has 1 amide bonds. The summed E-state index contributed by atoms with van der Waals surface area (Å²) in [5.74, 6) is -0.188. The van der Waals surface area contributed by atoms with E-state index in [4.69, 9.17) is 0 Å². The predicted molar refractivity (Wildman–Crippen MR) is 114 cm³/mol. The molecule has 32 heavy (non-hydrogen) atoms. The van der Waals surface area contributed by atoms with Gasteiger partial charge in [-0.1, -0.05) is 12.1 Å². The van der Waals surface area contributed by atoms with Crippen LogP contribution < -0.4 is 4.74 Å². The number of carbonyl (C=O) groups is 1. The molecule has 6 nitrogen and oxygen atoms in total. The van der Waals surface area contributed by atoms with E-state index in [9.17, 15) is 18.0 Å². The van der Waals surface area contributed by atoms with Crippen LogP contribution in [0, 0.1) is 0 Å². The fourth-order valence-electron chi connectivity index (χ4n) is 3.49. The van der Waals surface area contributed by atoms with Gasteiger partial charge in [0.15, 0.2) is 0 Å². The summed E-state index contributed by atoms with van der Waals surface area (Å²) < 4.78 is 40.7. The Balaban J connectivity index is 1.25. The topological polar surface area (TPSA) is 58.6 Å². The smallest absolute Gasteiger partial charge is 0.406 e. The zero-order chi connectivity index (χ0) is 22.6. The Labute approximate surface area is 187 Å². The predicted octanol–water partition coefficient (Wildman–Crippen LogP) is 3.99. The van der Waals surface area contributed by atoms with Crippen molar-refractivity contribution in [3.63, 3.8) is 0 Å². The average molecular weight is 462 g/mol. The molecule has 10 heteroatoms. The number of ether oxygens (including phenoxy) is 1. The van der Waals surface area contributed by atoms with E-state index in [1.807, 2.05) is 22.4 Å². The van der Waals surface area contributed by atoms with E-state index in [2.05, 4.69) is 19.6 Å². The Kier molecular flexibility index (Phi) is 6.71. The van der Waals surface area contributed by atoms with E-state index in [0.29, 0.717) is 32.7 Å². The fraction of sp³-hybridized carbons (Fsp3) is 0.318. The van der Waals surface area contributed by atoms with Crippen molar-refractivity contribution < 1.29 is 22.7 Å². The summed E-state index contributed by atoms with van der Waals surface area (Å²) in [7, 11) is 0. The van der Waals surface area contributed by atoms with Crippen LogP contribution in [-0.2, 0) is 17.8 Å². The third-order valence-electron chi connectivity index (χ3n) is 5.08. The van der Waals surface area contributed by atoms with Gasteiger partial charge in [0.05, 0.1) is 12.1 Å². The van der Waals surface area contributed by atoms with E-state index in [-0.39, 0.29) is 18.1 Å². The van der Waals surface area contributed by atoms with Gasteiger partial charge in [0, 0.05) is 56.1 Å². The number of pyridine rings is 1. The number of piperazine rings is 1. The van der Waals surface area contributed by atoms with E-state index in [1.54, 1.807) is 24.5 Å². The molecule has 3 aromatic rings. The third kappa shape index (κ3) is 6.04. The summed E-state index contributed by atoms with van der Waals surface area (Å²) in [6, 6.07) is 9.67. The van der Waals surface area contributed by atoms with Crippen molar-refractivity contribution in [2.24, 2.45) is 0 Å². The van der Waals surface area contributed by atoms with E-state index in [0.717, 1.165) is 21.8 Å². The van der Waals surface area contributed by atoms with Crippen molar-refractivity contribution in [1.82, 2.24) is 19.8 Å². The van der Waals surface area contributed by atoms with Gasteiger partial charge < -0.3 is 9.64 Å². The van der Waals surface area contributed by atoms with Gasteiger partial charge in [0.2, 0.25) is 5.91 Å². The Morgan fingerprint density at radius 1 is 1.09 bits per heavy atom. The molecule has 0 radical (unpaired) electrons. The second kappa shape index (κ2) is 9.66. The molecular formula is C22H21F3N4O2S. The minimum Gasteiger partial charge on any atom is -0.406 e. The molecule has 0 bridgehead atoms. The van der Waals surface area contributed by atoms with Gasteiger partial charge in [-0.15, -0.1) is 24.5 Å². The minimum absolute atomic E-state index is 0.0429. The van der Waals surface area contributed by atoms with Crippen LogP contribution >= 0.6 is 11.3 Å². The maximum absolute atomic E-state index is 12.7. The van der Waals surface area contributed by atoms with Gasteiger partial charge in [-0.2, -0.15) is 0 Å². The van der Waals surface area contributed by atoms with Crippen molar-refractivity contribution in [2.75, 3.05) is 26.2 Å². The first-order valence-electron chi connectivity index (χ1n) is 10.1. The van der Waals surface area contributed by atoms with Crippen molar-refractivity contribution in [1.29, 1.82) is 0 Å². The summed E-state index contributed by atoms with van der Waals surface area (Å²) in [6.45, 7) is 3.21. The second-order valence-corrected chi connectivity index (χ2v) is 8.27. The number of rotatable bonds is 6. The molecular weight excluding hydrogens is 441 g/mol. The van der Waals surface area contributed by atoms with Crippen LogP contribution in [0.4, 0.5) is 13.2 Å². The highest BCUT2D eigenvalue weighted by atomic mass is 32.1. The molecule has 1 aliphatic heterocycles. The molecule has 2 aromatic heterocycles. The van der Waals surface area contributed by atoms with Gasteiger partial charge in [0.25, 0.3) is 0 Å². The minimum atomic E-state index is -4.69. The number of alkyl halides is 3. The molecule has 0 atom stereocenters. The lowest BCUT2D eigenvalue weighted by molar-refractivity contribution is -0.274. The number of aromatic nitrogens is 2. The van der Waals surface area contributed by atoms with Gasteiger partial charge in [-0.3, -0.25) is 14.7 Å². The van der Waals surface area contributed by atoms with Gasteiger partial charge in [-0.05, 0) is 29.8 Å². The quantitative estimate of drug-likeness (QED) is 0.555. The van der Waals surface area contributed by atoms with Crippen LogP contribution in [0.15, 0.2) is 54.2 Å². The lowest BCUT2D eigenvalue weighted by Crippen LogP contribution is -2.48. The first-order chi connectivity index (χ1) is 15.4. The first kappa shape index (κ1) is 22.2. The van der Waals surface area contributed by atoms with E-state index < -0.39 is 6.36 Å². The number of benzene rings is 1. The highest BCUT2D eigenvalue weighted by Gasteiger charge is 2.31. The molecule has 4 rings (SSSR count). The number of halogens is 3. The summed E-state index contributed by atoms with van der Waals surface area (Å²) >= 11 is 1.50. The second-order valence-electron chi connectivity index (χ2n) is 7.41. The largest absolute Gasteiger partial charge is 0.573 e. The number of nitrogens with zero attached hydrogens (tertiary/aromatic N) is 4. The molecule has 0 N–H and O–H groups in total. The molecule has 1 aromatic carbocycles. The lowest BCUT2D eigenvalue weighted by Gasteiger charge is -2.34.